The van der Waals surface area contributed by atoms with Crippen LogP contribution < -0.4 is 5.32 Å². The fourth-order valence-electron chi connectivity index (χ4n) is 0.614. The first-order chi connectivity index (χ1) is 4.62. The Labute approximate surface area is 63.0 Å². The zero-order valence-corrected chi connectivity index (χ0v) is 7.03. The Kier molecular flexibility index (Phi) is 4.28. The molecule has 0 aliphatic heterocycles. The zero-order chi connectivity index (χ0) is 8.04. The molecule has 0 saturated heterocycles. The van der Waals surface area contributed by atoms with Crippen LogP contribution in [-0.4, -0.2) is 18.4 Å². The highest BCUT2D eigenvalue weighted by atomic mass is 16.1. The van der Waals surface area contributed by atoms with Gasteiger partial charge in [0.1, 0.15) is 0 Å². The Bertz CT molecular complexity index is 99.4. The molecule has 0 unspecified atom stereocenters. The number of hydrogen-bond donors (Lipinski definition) is 1. The van der Waals surface area contributed by atoms with E-state index in [-0.39, 0.29) is 0 Å². The first kappa shape index (κ1) is 9.63. The molecule has 0 aromatic rings. The molecule has 59 valence electrons. The molecule has 2 heteroatoms. The third-order valence-electron chi connectivity index (χ3n) is 1.35. The highest BCUT2D eigenvalue weighted by molar-refractivity contribution is 5.63. The summed E-state index contributed by atoms with van der Waals surface area (Å²) in [4.78, 5) is 10.2. The Morgan fingerprint density at radius 1 is 1.50 bits per heavy atom. The molecular weight excluding hydrogens is 126 g/mol. The van der Waals surface area contributed by atoms with E-state index < -0.39 is 5.54 Å². The molecule has 0 fully saturated rings. The van der Waals surface area contributed by atoms with E-state index in [9.17, 15) is 4.79 Å². The molecule has 0 aromatic carbocycles. The average molecular weight is 142 g/mol. The van der Waals surface area contributed by atoms with Crippen molar-refractivity contribution in [1.82, 2.24) is 5.32 Å². The van der Waals surface area contributed by atoms with Gasteiger partial charge in [0.2, 0.25) is 6.29 Å². The lowest BCUT2D eigenvalue weighted by molar-refractivity contribution is 0.447. The summed E-state index contributed by atoms with van der Waals surface area (Å²) >= 11 is 0. The van der Waals surface area contributed by atoms with Crippen molar-refractivity contribution in [2.45, 2.75) is 39.2 Å². The average Bonchev–Trinajstić information content (AvgIpc) is 1.89. The van der Waals surface area contributed by atoms with Gasteiger partial charge >= 0.3 is 0 Å². The number of hydrogen-bond acceptors (Lipinski definition) is 2. The van der Waals surface area contributed by atoms with Crippen LogP contribution in [0.5, 0.6) is 0 Å². The maximum absolute atomic E-state index is 10.2. The lowest BCUT2D eigenvalue weighted by Gasteiger charge is -2.17. The minimum absolute atomic E-state index is 0.463. The van der Waals surface area contributed by atoms with Gasteiger partial charge in [-0.05, 0) is 26.8 Å². The van der Waals surface area contributed by atoms with E-state index in [2.05, 4.69) is 12.2 Å². The maximum Gasteiger partial charge on any atom is 0.219 e. The molecule has 0 amide bonds. The van der Waals surface area contributed by atoms with Crippen molar-refractivity contribution in [2.24, 2.45) is 0 Å². The molecule has 1 N–H and O–H groups in total. The molecule has 0 saturated carbocycles. The summed E-state index contributed by atoms with van der Waals surface area (Å²) in [7, 11) is 0. The Balaban J connectivity index is 3.37. The van der Waals surface area contributed by atoms with Crippen molar-refractivity contribution >= 4 is 6.29 Å². The van der Waals surface area contributed by atoms with Gasteiger partial charge < -0.3 is 5.32 Å². The molecule has 0 spiro atoms. The third kappa shape index (κ3) is 4.50. The highest BCUT2D eigenvalue weighted by Gasteiger charge is 2.14. The minimum Gasteiger partial charge on any atom is -0.305 e. The SMILES string of the molecule is CCCCNC(C)(C)[C]=O. The molecule has 0 rings (SSSR count). The van der Waals surface area contributed by atoms with E-state index in [1.54, 1.807) is 0 Å². The summed E-state index contributed by atoms with van der Waals surface area (Å²) in [6.07, 6.45) is 4.21. The third-order valence-corrected chi connectivity index (χ3v) is 1.35. The Hall–Kier alpha value is -0.370. The van der Waals surface area contributed by atoms with Crippen LogP contribution in [0.2, 0.25) is 0 Å². The van der Waals surface area contributed by atoms with Crippen molar-refractivity contribution in [3.63, 3.8) is 0 Å². The van der Waals surface area contributed by atoms with Crippen molar-refractivity contribution in [3.8, 4) is 0 Å². The first-order valence-corrected chi connectivity index (χ1v) is 3.76. The van der Waals surface area contributed by atoms with Crippen LogP contribution in [0.4, 0.5) is 0 Å². The van der Waals surface area contributed by atoms with Crippen LogP contribution in [0, 0.1) is 0 Å². The molecule has 0 aromatic heterocycles. The highest BCUT2D eigenvalue weighted by Crippen LogP contribution is 1.96. The molecule has 1 radical (unpaired) electrons. The molecule has 0 aliphatic rings. The lowest BCUT2D eigenvalue weighted by atomic mass is 10.1. The van der Waals surface area contributed by atoms with E-state index in [1.807, 2.05) is 20.1 Å². The topological polar surface area (TPSA) is 29.1 Å². The van der Waals surface area contributed by atoms with Gasteiger partial charge in [0, 0.05) is 0 Å². The molecule has 0 aliphatic carbocycles. The van der Waals surface area contributed by atoms with Crippen LogP contribution in [0.25, 0.3) is 0 Å². The summed E-state index contributed by atoms with van der Waals surface area (Å²) in [5.41, 5.74) is -0.463. The number of unbranched alkanes of at least 4 members (excludes halogenated alkanes) is 1. The van der Waals surface area contributed by atoms with Gasteiger partial charge in [-0.25, -0.2) is 0 Å². The van der Waals surface area contributed by atoms with E-state index in [1.165, 1.54) is 0 Å². The summed E-state index contributed by atoms with van der Waals surface area (Å²) in [6.45, 7) is 6.68. The van der Waals surface area contributed by atoms with Crippen LogP contribution in [0.3, 0.4) is 0 Å². The molecule has 2 nitrogen and oxygen atoms in total. The Morgan fingerprint density at radius 3 is 2.50 bits per heavy atom. The van der Waals surface area contributed by atoms with Gasteiger partial charge in [-0.3, -0.25) is 4.79 Å². The van der Waals surface area contributed by atoms with Gasteiger partial charge in [-0.1, -0.05) is 13.3 Å². The molecular formula is C8H16NO. The van der Waals surface area contributed by atoms with Gasteiger partial charge in [0.25, 0.3) is 0 Å². The molecule has 10 heavy (non-hydrogen) atoms. The van der Waals surface area contributed by atoms with Gasteiger partial charge in [-0.2, -0.15) is 0 Å². The monoisotopic (exact) mass is 142 g/mol. The van der Waals surface area contributed by atoms with E-state index in [4.69, 9.17) is 0 Å². The standard InChI is InChI=1S/C8H16NO/c1-4-5-6-9-8(2,3)7-10/h9H,4-6H2,1-3H3. The van der Waals surface area contributed by atoms with Crippen molar-refractivity contribution < 1.29 is 4.79 Å². The lowest BCUT2D eigenvalue weighted by Crippen LogP contribution is -2.41. The second-order valence-electron chi connectivity index (χ2n) is 3.01. The van der Waals surface area contributed by atoms with Gasteiger partial charge in [0.05, 0.1) is 5.54 Å². The summed E-state index contributed by atoms with van der Waals surface area (Å²) in [5.74, 6) is 0. The minimum atomic E-state index is -0.463. The van der Waals surface area contributed by atoms with E-state index >= 15 is 0 Å². The van der Waals surface area contributed by atoms with E-state index in [0.717, 1.165) is 19.4 Å². The van der Waals surface area contributed by atoms with Gasteiger partial charge in [-0.15, -0.1) is 0 Å². The number of carbonyl (C=O) groups excluding carboxylic acids is 1. The van der Waals surface area contributed by atoms with Crippen molar-refractivity contribution in [3.05, 3.63) is 0 Å². The van der Waals surface area contributed by atoms with E-state index in [0.29, 0.717) is 0 Å². The van der Waals surface area contributed by atoms with Crippen molar-refractivity contribution in [2.75, 3.05) is 6.54 Å². The molecule has 0 bridgehead atoms. The normalized spacial score (nSPS) is 11.5. The first-order valence-electron chi connectivity index (χ1n) is 3.76. The second-order valence-corrected chi connectivity index (χ2v) is 3.01. The van der Waals surface area contributed by atoms with Gasteiger partial charge in [0.15, 0.2) is 0 Å². The molecule has 0 heterocycles. The predicted molar refractivity (Wildman–Crippen MR) is 42.7 cm³/mol. The van der Waals surface area contributed by atoms with Crippen molar-refractivity contribution in [1.29, 1.82) is 0 Å². The van der Waals surface area contributed by atoms with Crippen LogP contribution >= 0.6 is 0 Å². The predicted octanol–water partition coefficient (Wildman–Crippen LogP) is 1.26. The summed E-state index contributed by atoms with van der Waals surface area (Å²) in [6, 6.07) is 0. The number of nitrogens with one attached hydrogen (secondary N) is 1. The number of rotatable bonds is 5. The quantitative estimate of drug-likeness (QED) is 0.585. The smallest absolute Gasteiger partial charge is 0.219 e. The molecule has 0 atom stereocenters. The Morgan fingerprint density at radius 2 is 2.10 bits per heavy atom. The fourth-order valence-corrected chi connectivity index (χ4v) is 0.614. The second kappa shape index (κ2) is 4.45. The fraction of sp³-hybridized carbons (Fsp3) is 0.875. The zero-order valence-electron chi connectivity index (χ0n) is 7.03. The van der Waals surface area contributed by atoms with Crippen LogP contribution in [0.15, 0.2) is 0 Å². The van der Waals surface area contributed by atoms with Crippen LogP contribution in [-0.2, 0) is 4.79 Å². The maximum atomic E-state index is 10.2. The summed E-state index contributed by atoms with van der Waals surface area (Å²) < 4.78 is 0. The van der Waals surface area contributed by atoms with Crippen LogP contribution in [0.1, 0.15) is 33.6 Å². The summed E-state index contributed by atoms with van der Waals surface area (Å²) in [5, 5.41) is 3.09. The largest absolute Gasteiger partial charge is 0.305 e.